The van der Waals surface area contributed by atoms with E-state index in [0.29, 0.717) is 29.2 Å². The number of nitrogens with zero attached hydrogens (tertiary/aromatic N) is 1. The molecule has 1 aliphatic heterocycles. The molecule has 0 aliphatic carbocycles. The first kappa shape index (κ1) is 19.0. The van der Waals surface area contributed by atoms with Gasteiger partial charge in [0.05, 0.1) is 25.2 Å². The molecule has 1 saturated heterocycles. The van der Waals surface area contributed by atoms with Gasteiger partial charge in [-0.05, 0) is 48.5 Å². The van der Waals surface area contributed by atoms with Crippen LogP contribution in [0.15, 0.2) is 47.4 Å². The average Bonchev–Trinajstić information content (AvgIpc) is 2.91. The summed E-state index contributed by atoms with van der Waals surface area (Å²) >= 11 is 0.835. The Kier molecular flexibility index (Phi) is 5.81. The maximum absolute atomic E-state index is 13.8. The first-order chi connectivity index (χ1) is 13.0. The second kappa shape index (κ2) is 8.26. The van der Waals surface area contributed by atoms with Crippen molar-refractivity contribution in [2.24, 2.45) is 0 Å². The van der Waals surface area contributed by atoms with Crippen molar-refractivity contribution < 1.29 is 23.5 Å². The summed E-state index contributed by atoms with van der Waals surface area (Å²) in [5, 5.41) is -0.423. The predicted molar refractivity (Wildman–Crippen MR) is 102 cm³/mol. The van der Waals surface area contributed by atoms with Gasteiger partial charge in [0.25, 0.3) is 11.1 Å². The Morgan fingerprint density at radius 1 is 1.15 bits per heavy atom. The molecule has 0 radical (unpaired) electrons. The topological polar surface area (TPSA) is 55.8 Å². The predicted octanol–water partition coefficient (Wildman–Crippen LogP) is 4.47. The number of carbonyl (C=O) groups is 2. The molecule has 7 heteroatoms. The minimum atomic E-state index is -0.447. The van der Waals surface area contributed by atoms with E-state index in [1.807, 2.05) is 6.92 Å². The van der Waals surface area contributed by atoms with E-state index in [1.54, 1.807) is 49.6 Å². The van der Waals surface area contributed by atoms with Gasteiger partial charge in [0.1, 0.15) is 5.82 Å². The van der Waals surface area contributed by atoms with Crippen LogP contribution in [0.5, 0.6) is 11.5 Å². The fourth-order valence-electron chi connectivity index (χ4n) is 2.64. The third-order valence-electron chi connectivity index (χ3n) is 3.95. The Morgan fingerprint density at radius 2 is 1.93 bits per heavy atom. The van der Waals surface area contributed by atoms with E-state index in [9.17, 15) is 14.0 Å². The van der Waals surface area contributed by atoms with Crippen molar-refractivity contribution in [1.82, 2.24) is 4.90 Å². The van der Waals surface area contributed by atoms with E-state index >= 15 is 0 Å². The van der Waals surface area contributed by atoms with Crippen molar-refractivity contribution in [2.45, 2.75) is 13.5 Å². The van der Waals surface area contributed by atoms with Crippen molar-refractivity contribution >= 4 is 29.0 Å². The zero-order chi connectivity index (χ0) is 19.4. The lowest BCUT2D eigenvalue weighted by atomic mass is 10.1. The van der Waals surface area contributed by atoms with Crippen molar-refractivity contribution in [3.63, 3.8) is 0 Å². The van der Waals surface area contributed by atoms with Gasteiger partial charge >= 0.3 is 0 Å². The summed E-state index contributed by atoms with van der Waals surface area (Å²) in [6.07, 6.45) is 1.62. The molecule has 2 aromatic rings. The molecule has 0 spiro atoms. The second-order valence-corrected chi connectivity index (χ2v) is 6.70. The van der Waals surface area contributed by atoms with Gasteiger partial charge in [-0.2, -0.15) is 0 Å². The van der Waals surface area contributed by atoms with Crippen LogP contribution < -0.4 is 9.47 Å². The molecule has 0 saturated carbocycles. The number of hydrogen-bond donors (Lipinski definition) is 0. The zero-order valence-corrected chi connectivity index (χ0v) is 15.7. The van der Waals surface area contributed by atoms with Crippen LogP contribution in [0.4, 0.5) is 9.18 Å². The molecule has 0 N–H and O–H groups in total. The number of carbonyl (C=O) groups excluding carboxylic acids is 2. The quantitative estimate of drug-likeness (QED) is 0.685. The van der Waals surface area contributed by atoms with Crippen molar-refractivity contribution in [3.8, 4) is 11.5 Å². The fourth-order valence-corrected chi connectivity index (χ4v) is 3.47. The molecule has 1 aliphatic rings. The first-order valence-corrected chi connectivity index (χ1v) is 9.14. The van der Waals surface area contributed by atoms with Crippen LogP contribution in [0.1, 0.15) is 18.1 Å². The lowest BCUT2D eigenvalue weighted by Gasteiger charge is -2.13. The van der Waals surface area contributed by atoms with Crippen molar-refractivity contribution in [3.05, 3.63) is 64.3 Å². The molecule has 3 rings (SSSR count). The third-order valence-corrected chi connectivity index (χ3v) is 4.85. The van der Waals surface area contributed by atoms with E-state index < -0.39 is 17.0 Å². The SMILES string of the molecule is CCOc1cc(/C=C2/SC(=O)N(Cc3ccccc3F)C2=O)ccc1OC. The molecule has 0 unspecified atom stereocenters. The van der Waals surface area contributed by atoms with Gasteiger partial charge in [0, 0.05) is 5.56 Å². The van der Waals surface area contributed by atoms with Crippen LogP contribution in [0.2, 0.25) is 0 Å². The van der Waals surface area contributed by atoms with Gasteiger partial charge in [-0.1, -0.05) is 24.3 Å². The Bertz CT molecular complexity index is 913. The number of halogens is 1. The number of benzene rings is 2. The van der Waals surface area contributed by atoms with Gasteiger partial charge in [-0.15, -0.1) is 0 Å². The smallest absolute Gasteiger partial charge is 0.293 e. The molecule has 2 amide bonds. The molecule has 5 nitrogen and oxygen atoms in total. The minimum absolute atomic E-state index is 0.0957. The van der Waals surface area contributed by atoms with E-state index in [1.165, 1.54) is 6.07 Å². The lowest BCUT2D eigenvalue weighted by Crippen LogP contribution is -2.27. The fraction of sp³-hybridized carbons (Fsp3) is 0.200. The highest BCUT2D eigenvalue weighted by Crippen LogP contribution is 2.35. The van der Waals surface area contributed by atoms with E-state index in [2.05, 4.69) is 0 Å². The summed E-state index contributed by atoms with van der Waals surface area (Å²) in [5.41, 5.74) is 1.000. The minimum Gasteiger partial charge on any atom is -0.493 e. The number of rotatable bonds is 6. The lowest BCUT2D eigenvalue weighted by molar-refractivity contribution is -0.123. The Morgan fingerprint density at radius 3 is 2.63 bits per heavy atom. The number of imide groups is 1. The summed E-state index contributed by atoms with van der Waals surface area (Å²) in [4.78, 5) is 26.2. The molecule has 0 atom stereocenters. The van der Waals surface area contributed by atoms with Crippen LogP contribution >= 0.6 is 11.8 Å². The maximum atomic E-state index is 13.8. The molecule has 140 valence electrons. The monoisotopic (exact) mass is 387 g/mol. The van der Waals surface area contributed by atoms with Gasteiger partial charge in [0.2, 0.25) is 0 Å². The summed E-state index contributed by atoms with van der Waals surface area (Å²) in [5.74, 6) is 0.250. The number of thioether (sulfide) groups is 1. The second-order valence-electron chi connectivity index (χ2n) is 5.70. The van der Waals surface area contributed by atoms with Crippen LogP contribution in [0.25, 0.3) is 6.08 Å². The normalized spacial score (nSPS) is 15.5. The third kappa shape index (κ3) is 4.14. The van der Waals surface area contributed by atoms with E-state index in [-0.39, 0.29) is 11.4 Å². The largest absolute Gasteiger partial charge is 0.493 e. The molecular weight excluding hydrogens is 369 g/mol. The Hall–Kier alpha value is -2.80. The van der Waals surface area contributed by atoms with Gasteiger partial charge in [0.15, 0.2) is 11.5 Å². The van der Waals surface area contributed by atoms with Gasteiger partial charge in [-0.25, -0.2) is 4.39 Å². The highest BCUT2D eigenvalue weighted by atomic mass is 32.2. The molecule has 1 fully saturated rings. The summed E-state index contributed by atoms with van der Waals surface area (Å²) in [6.45, 7) is 2.24. The maximum Gasteiger partial charge on any atom is 0.293 e. The number of amides is 2. The zero-order valence-electron chi connectivity index (χ0n) is 14.9. The van der Waals surface area contributed by atoms with Crippen LogP contribution in [-0.4, -0.2) is 29.8 Å². The first-order valence-electron chi connectivity index (χ1n) is 8.33. The number of ether oxygens (including phenoxy) is 2. The molecule has 0 bridgehead atoms. The van der Waals surface area contributed by atoms with E-state index in [4.69, 9.17) is 9.47 Å². The Balaban J connectivity index is 1.84. The van der Waals surface area contributed by atoms with Crippen LogP contribution in [0, 0.1) is 5.82 Å². The van der Waals surface area contributed by atoms with Crippen molar-refractivity contribution in [1.29, 1.82) is 0 Å². The number of methoxy groups -OCH3 is 1. The van der Waals surface area contributed by atoms with Crippen LogP contribution in [0.3, 0.4) is 0 Å². The summed E-state index contributed by atoms with van der Waals surface area (Å²) < 4.78 is 24.6. The highest BCUT2D eigenvalue weighted by Gasteiger charge is 2.35. The van der Waals surface area contributed by atoms with Gasteiger partial charge in [-0.3, -0.25) is 14.5 Å². The standard InChI is InChI=1S/C20H18FNO4S/c1-3-26-17-10-13(8-9-16(17)25-2)11-18-19(23)22(20(24)27-18)12-14-6-4-5-7-15(14)21/h4-11H,3,12H2,1-2H3/b18-11+. The molecule has 0 aromatic heterocycles. The van der Waals surface area contributed by atoms with Gasteiger partial charge < -0.3 is 9.47 Å². The average molecular weight is 387 g/mol. The van der Waals surface area contributed by atoms with E-state index in [0.717, 1.165) is 16.7 Å². The summed E-state index contributed by atoms with van der Waals surface area (Å²) in [7, 11) is 1.55. The number of hydrogen-bond acceptors (Lipinski definition) is 5. The summed E-state index contributed by atoms with van der Waals surface area (Å²) in [6, 6.07) is 11.3. The van der Waals surface area contributed by atoms with Crippen LogP contribution in [-0.2, 0) is 11.3 Å². The molecule has 27 heavy (non-hydrogen) atoms. The molecule has 2 aromatic carbocycles. The highest BCUT2D eigenvalue weighted by molar-refractivity contribution is 8.18. The molecule has 1 heterocycles. The molecular formula is C20H18FNO4S. The Labute approximate surface area is 160 Å². The van der Waals surface area contributed by atoms with Crippen molar-refractivity contribution in [2.75, 3.05) is 13.7 Å².